The molecule has 1 aliphatic rings. The van der Waals surface area contributed by atoms with E-state index in [1.807, 2.05) is 36.4 Å². The Hall–Kier alpha value is -3.60. The molecule has 5 nitrogen and oxygen atoms in total. The number of nitrogens with one attached hydrogen (secondary N) is 1. The van der Waals surface area contributed by atoms with Crippen molar-refractivity contribution >= 4 is 11.9 Å². The minimum atomic E-state index is -0.346. The fraction of sp³-hybridized carbons (Fsp3) is 0.310. The van der Waals surface area contributed by atoms with Crippen LogP contribution in [0.5, 0.6) is 5.75 Å². The molecule has 0 spiro atoms. The average molecular weight is 458 g/mol. The van der Waals surface area contributed by atoms with Gasteiger partial charge in [0, 0.05) is 18.9 Å². The normalized spacial score (nSPS) is 15.6. The molecule has 2 atom stereocenters. The van der Waals surface area contributed by atoms with Gasteiger partial charge in [-0.25, -0.2) is 4.79 Å². The minimum Gasteiger partial charge on any atom is -0.486 e. The van der Waals surface area contributed by atoms with Crippen molar-refractivity contribution in [3.8, 4) is 5.75 Å². The predicted octanol–water partition coefficient (Wildman–Crippen LogP) is 5.29. The molecule has 0 heterocycles. The molecular formula is C29H31NO4. The number of hydrogen-bond donors (Lipinski definition) is 1. The second kappa shape index (κ2) is 11.5. The molecule has 3 aromatic carbocycles. The lowest BCUT2D eigenvalue weighted by atomic mass is 9.83. The highest BCUT2D eigenvalue weighted by Gasteiger charge is 2.24. The van der Waals surface area contributed by atoms with E-state index in [0.29, 0.717) is 30.9 Å². The molecule has 0 aromatic heterocycles. The van der Waals surface area contributed by atoms with Gasteiger partial charge in [-0.15, -0.1) is 0 Å². The van der Waals surface area contributed by atoms with Gasteiger partial charge in [-0.3, -0.25) is 4.79 Å². The summed E-state index contributed by atoms with van der Waals surface area (Å²) in [5, 5.41) is 3.13. The van der Waals surface area contributed by atoms with E-state index in [4.69, 9.17) is 9.47 Å². The summed E-state index contributed by atoms with van der Waals surface area (Å²) in [6.07, 6.45) is 3.05. The van der Waals surface area contributed by atoms with Crippen molar-refractivity contribution in [1.82, 2.24) is 5.32 Å². The lowest BCUT2D eigenvalue weighted by molar-refractivity contribution is -0.125. The van der Waals surface area contributed by atoms with Gasteiger partial charge in [-0.2, -0.15) is 0 Å². The van der Waals surface area contributed by atoms with E-state index in [2.05, 4.69) is 23.5 Å². The van der Waals surface area contributed by atoms with Crippen LogP contribution in [0.3, 0.4) is 0 Å². The Labute approximate surface area is 201 Å². The number of benzene rings is 3. The standard InChI is InChI=1S/C29H31NO4/c1-2-33-29(32)23-14-16-26(17-15-23)34-27(22-9-4-3-5-10-22)18-19-30-28(31)25-13-12-21-8-6-7-11-24(21)20-25/h3-11,14-17,25,27H,2,12-13,18-20H2,1H3,(H,30,31). The van der Waals surface area contributed by atoms with Crippen molar-refractivity contribution in [2.75, 3.05) is 13.2 Å². The Morgan fingerprint density at radius 1 is 0.941 bits per heavy atom. The number of amides is 1. The SMILES string of the molecule is CCOC(=O)c1ccc(OC(CCNC(=O)C2CCc3ccccc3C2)c2ccccc2)cc1. The Kier molecular flexibility index (Phi) is 7.97. The summed E-state index contributed by atoms with van der Waals surface area (Å²) in [6.45, 7) is 2.65. The third kappa shape index (κ3) is 6.04. The zero-order valence-corrected chi connectivity index (χ0v) is 19.5. The first kappa shape index (κ1) is 23.6. The summed E-state index contributed by atoms with van der Waals surface area (Å²) in [5.41, 5.74) is 4.17. The van der Waals surface area contributed by atoms with Crippen LogP contribution in [-0.2, 0) is 22.4 Å². The highest BCUT2D eigenvalue weighted by molar-refractivity contribution is 5.89. The van der Waals surface area contributed by atoms with Crippen LogP contribution in [0.2, 0.25) is 0 Å². The van der Waals surface area contributed by atoms with Crippen LogP contribution in [0.25, 0.3) is 0 Å². The Bertz CT molecular complexity index is 1090. The Morgan fingerprint density at radius 2 is 1.65 bits per heavy atom. The van der Waals surface area contributed by atoms with Crippen molar-refractivity contribution in [2.24, 2.45) is 5.92 Å². The van der Waals surface area contributed by atoms with E-state index < -0.39 is 0 Å². The molecule has 1 aliphatic carbocycles. The first-order valence-electron chi connectivity index (χ1n) is 12.0. The number of rotatable bonds is 9. The van der Waals surface area contributed by atoms with Crippen LogP contribution >= 0.6 is 0 Å². The fourth-order valence-electron chi connectivity index (χ4n) is 4.40. The number of hydrogen-bond acceptors (Lipinski definition) is 4. The van der Waals surface area contributed by atoms with Gasteiger partial charge in [0.25, 0.3) is 0 Å². The maximum atomic E-state index is 12.8. The van der Waals surface area contributed by atoms with Gasteiger partial charge in [0.1, 0.15) is 11.9 Å². The van der Waals surface area contributed by atoms with Crippen molar-refractivity contribution in [2.45, 2.75) is 38.7 Å². The van der Waals surface area contributed by atoms with Crippen molar-refractivity contribution in [3.63, 3.8) is 0 Å². The second-order valence-corrected chi connectivity index (χ2v) is 8.55. The molecule has 0 radical (unpaired) electrons. The van der Waals surface area contributed by atoms with Crippen molar-refractivity contribution in [3.05, 3.63) is 101 Å². The van der Waals surface area contributed by atoms with Crippen LogP contribution in [0.4, 0.5) is 0 Å². The maximum Gasteiger partial charge on any atom is 0.338 e. The topological polar surface area (TPSA) is 64.6 Å². The van der Waals surface area contributed by atoms with Crippen LogP contribution in [-0.4, -0.2) is 25.0 Å². The van der Waals surface area contributed by atoms with Gasteiger partial charge in [0.05, 0.1) is 12.2 Å². The van der Waals surface area contributed by atoms with Gasteiger partial charge in [0.15, 0.2) is 0 Å². The fourth-order valence-corrected chi connectivity index (χ4v) is 4.40. The molecule has 0 saturated carbocycles. The van der Waals surface area contributed by atoms with Gasteiger partial charge in [-0.05, 0) is 67.1 Å². The van der Waals surface area contributed by atoms with E-state index in [-0.39, 0.29) is 23.9 Å². The average Bonchev–Trinajstić information content (AvgIpc) is 2.88. The number of carbonyl (C=O) groups is 2. The number of esters is 1. The van der Waals surface area contributed by atoms with Crippen LogP contribution < -0.4 is 10.1 Å². The summed E-state index contributed by atoms with van der Waals surface area (Å²) < 4.78 is 11.3. The number of carbonyl (C=O) groups excluding carboxylic acids is 2. The van der Waals surface area contributed by atoms with E-state index >= 15 is 0 Å². The molecule has 34 heavy (non-hydrogen) atoms. The monoisotopic (exact) mass is 457 g/mol. The Morgan fingerprint density at radius 3 is 2.38 bits per heavy atom. The second-order valence-electron chi connectivity index (χ2n) is 8.55. The molecule has 1 amide bonds. The molecule has 5 heteroatoms. The van der Waals surface area contributed by atoms with E-state index in [1.54, 1.807) is 31.2 Å². The van der Waals surface area contributed by atoms with Crippen LogP contribution in [0.15, 0.2) is 78.9 Å². The molecule has 3 aromatic rings. The van der Waals surface area contributed by atoms with Gasteiger partial charge in [-0.1, -0.05) is 54.6 Å². The first-order chi connectivity index (χ1) is 16.6. The maximum absolute atomic E-state index is 12.8. The highest BCUT2D eigenvalue weighted by Crippen LogP contribution is 2.27. The molecular weight excluding hydrogens is 426 g/mol. The summed E-state index contributed by atoms with van der Waals surface area (Å²) in [7, 11) is 0. The van der Waals surface area contributed by atoms with E-state index in [0.717, 1.165) is 24.8 Å². The third-order valence-electron chi connectivity index (χ3n) is 6.24. The molecule has 2 unspecified atom stereocenters. The predicted molar refractivity (Wildman–Crippen MR) is 132 cm³/mol. The minimum absolute atomic E-state index is 0.0152. The zero-order valence-electron chi connectivity index (χ0n) is 19.5. The molecule has 4 rings (SSSR count). The molecule has 0 bridgehead atoms. The van der Waals surface area contributed by atoms with Crippen molar-refractivity contribution in [1.29, 1.82) is 0 Å². The molecule has 1 N–H and O–H groups in total. The van der Waals surface area contributed by atoms with E-state index in [1.165, 1.54) is 11.1 Å². The lowest BCUT2D eigenvalue weighted by Crippen LogP contribution is -2.35. The smallest absolute Gasteiger partial charge is 0.338 e. The molecule has 0 aliphatic heterocycles. The van der Waals surface area contributed by atoms with Gasteiger partial charge in [0.2, 0.25) is 5.91 Å². The lowest BCUT2D eigenvalue weighted by Gasteiger charge is -2.24. The Balaban J connectivity index is 1.36. The highest BCUT2D eigenvalue weighted by atomic mass is 16.5. The molecule has 0 fully saturated rings. The summed E-state index contributed by atoms with van der Waals surface area (Å²) >= 11 is 0. The first-order valence-corrected chi connectivity index (χ1v) is 12.0. The number of ether oxygens (including phenoxy) is 2. The number of aryl methyl sites for hydroxylation is 1. The van der Waals surface area contributed by atoms with Gasteiger partial charge >= 0.3 is 5.97 Å². The third-order valence-corrected chi connectivity index (χ3v) is 6.24. The summed E-state index contributed by atoms with van der Waals surface area (Å²) in [5.74, 6) is 0.445. The van der Waals surface area contributed by atoms with Crippen LogP contribution in [0, 0.1) is 5.92 Å². The quantitative estimate of drug-likeness (QED) is 0.443. The van der Waals surface area contributed by atoms with E-state index in [9.17, 15) is 9.59 Å². The largest absolute Gasteiger partial charge is 0.486 e. The summed E-state index contributed by atoms with van der Waals surface area (Å²) in [4.78, 5) is 24.7. The van der Waals surface area contributed by atoms with Crippen molar-refractivity contribution < 1.29 is 19.1 Å². The van der Waals surface area contributed by atoms with Gasteiger partial charge < -0.3 is 14.8 Å². The number of fused-ring (bicyclic) bond motifs is 1. The summed E-state index contributed by atoms with van der Waals surface area (Å²) in [6, 6.07) is 25.3. The zero-order chi connectivity index (χ0) is 23.8. The molecule has 176 valence electrons. The molecule has 0 saturated heterocycles. The van der Waals surface area contributed by atoms with Crippen LogP contribution in [0.1, 0.15) is 52.9 Å².